The molecule has 1 aliphatic carbocycles. The SMILES string of the molecule is CC1CC1CNC(C)C(C)(C)C. The van der Waals surface area contributed by atoms with E-state index in [-0.39, 0.29) is 0 Å². The Hall–Kier alpha value is -0.0400. The number of rotatable bonds is 3. The summed E-state index contributed by atoms with van der Waals surface area (Å²) < 4.78 is 0. The molecule has 0 amide bonds. The highest BCUT2D eigenvalue weighted by atomic mass is 14.9. The highest BCUT2D eigenvalue weighted by Gasteiger charge is 2.33. The van der Waals surface area contributed by atoms with E-state index in [1.165, 1.54) is 13.0 Å². The van der Waals surface area contributed by atoms with Gasteiger partial charge in [0, 0.05) is 6.04 Å². The van der Waals surface area contributed by atoms with Crippen LogP contribution in [-0.2, 0) is 0 Å². The van der Waals surface area contributed by atoms with Crippen molar-refractivity contribution in [1.82, 2.24) is 5.32 Å². The standard InChI is InChI=1S/C11H23N/c1-8-6-10(8)7-12-9(2)11(3,4)5/h8-10,12H,6-7H2,1-5H3. The Morgan fingerprint density at radius 3 is 2.25 bits per heavy atom. The molecule has 72 valence electrons. The molecule has 3 unspecified atom stereocenters. The van der Waals surface area contributed by atoms with E-state index in [1.807, 2.05) is 0 Å². The average Bonchev–Trinajstić information content (AvgIpc) is 2.59. The summed E-state index contributed by atoms with van der Waals surface area (Å²) in [5.74, 6) is 1.94. The van der Waals surface area contributed by atoms with Gasteiger partial charge in [0.25, 0.3) is 0 Å². The first-order valence-electron chi connectivity index (χ1n) is 5.14. The van der Waals surface area contributed by atoms with Gasteiger partial charge in [-0.25, -0.2) is 0 Å². The summed E-state index contributed by atoms with van der Waals surface area (Å²) in [6.45, 7) is 12.7. The Labute approximate surface area is 76.9 Å². The molecule has 0 aromatic heterocycles. The van der Waals surface area contributed by atoms with E-state index < -0.39 is 0 Å². The highest BCUT2D eigenvalue weighted by Crippen LogP contribution is 2.37. The molecule has 0 aromatic rings. The molecule has 0 bridgehead atoms. The second-order valence-corrected chi connectivity index (χ2v) is 5.47. The first kappa shape index (κ1) is 10.0. The van der Waals surface area contributed by atoms with Crippen molar-refractivity contribution in [3.05, 3.63) is 0 Å². The predicted octanol–water partition coefficient (Wildman–Crippen LogP) is 2.67. The van der Waals surface area contributed by atoms with Crippen LogP contribution in [-0.4, -0.2) is 12.6 Å². The van der Waals surface area contributed by atoms with Crippen LogP contribution in [0.15, 0.2) is 0 Å². The summed E-state index contributed by atoms with van der Waals surface area (Å²) in [6, 6.07) is 0.630. The first-order valence-corrected chi connectivity index (χ1v) is 5.14. The maximum atomic E-state index is 3.61. The molecule has 1 heteroatoms. The van der Waals surface area contributed by atoms with Gasteiger partial charge in [-0.2, -0.15) is 0 Å². The van der Waals surface area contributed by atoms with Gasteiger partial charge >= 0.3 is 0 Å². The van der Waals surface area contributed by atoms with Crippen LogP contribution < -0.4 is 5.32 Å². The lowest BCUT2D eigenvalue weighted by Crippen LogP contribution is -2.38. The summed E-state index contributed by atoms with van der Waals surface area (Å²) in [6.07, 6.45) is 1.43. The molecule has 1 fully saturated rings. The van der Waals surface area contributed by atoms with Crippen LogP contribution >= 0.6 is 0 Å². The minimum Gasteiger partial charge on any atom is -0.313 e. The van der Waals surface area contributed by atoms with Crippen LogP contribution in [0.3, 0.4) is 0 Å². The van der Waals surface area contributed by atoms with Gasteiger partial charge in [0.15, 0.2) is 0 Å². The normalized spacial score (nSPS) is 31.8. The molecule has 0 aromatic carbocycles. The molecule has 0 heterocycles. The fourth-order valence-electron chi connectivity index (χ4n) is 1.32. The van der Waals surface area contributed by atoms with Crippen LogP contribution in [0.2, 0.25) is 0 Å². The number of hydrogen-bond donors (Lipinski definition) is 1. The fraction of sp³-hybridized carbons (Fsp3) is 1.00. The van der Waals surface area contributed by atoms with Gasteiger partial charge in [0.1, 0.15) is 0 Å². The summed E-state index contributed by atoms with van der Waals surface area (Å²) in [5.41, 5.74) is 0.401. The lowest BCUT2D eigenvalue weighted by Gasteiger charge is -2.28. The molecule has 1 rings (SSSR count). The number of hydrogen-bond acceptors (Lipinski definition) is 1. The van der Waals surface area contributed by atoms with Gasteiger partial charge in [-0.15, -0.1) is 0 Å². The predicted molar refractivity (Wildman–Crippen MR) is 54.2 cm³/mol. The van der Waals surface area contributed by atoms with Crippen molar-refractivity contribution in [2.24, 2.45) is 17.3 Å². The Bertz CT molecular complexity index is 146. The maximum absolute atomic E-state index is 3.61. The quantitative estimate of drug-likeness (QED) is 0.685. The van der Waals surface area contributed by atoms with Crippen LogP contribution in [0.25, 0.3) is 0 Å². The topological polar surface area (TPSA) is 12.0 Å². The summed E-state index contributed by atoms with van der Waals surface area (Å²) in [4.78, 5) is 0. The van der Waals surface area contributed by atoms with E-state index in [4.69, 9.17) is 0 Å². The molecule has 1 nitrogen and oxygen atoms in total. The molecule has 0 radical (unpaired) electrons. The first-order chi connectivity index (χ1) is 5.41. The molecule has 0 saturated heterocycles. The van der Waals surface area contributed by atoms with Gasteiger partial charge in [0.2, 0.25) is 0 Å². The summed E-state index contributed by atoms with van der Waals surface area (Å²) >= 11 is 0. The third-order valence-corrected chi connectivity index (χ3v) is 3.26. The Morgan fingerprint density at radius 1 is 1.42 bits per heavy atom. The smallest absolute Gasteiger partial charge is 0.00873 e. The molecule has 1 aliphatic rings. The zero-order valence-electron chi connectivity index (χ0n) is 9.15. The van der Waals surface area contributed by atoms with E-state index >= 15 is 0 Å². The van der Waals surface area contributed by atoms with Gasteiger partial charge in [-0.1, -0.05) is 27.7 Å². The van der Waals surface area contributed by atoms with Crippen LogP contribution in [0.5, 0.6) is 0 Å². The summed E-state index contributed by atoms with van der Waals surface area (Å²) in [5, 5.41) is 3.61. The van der Waals surface area contributed by atoms with Gasteiger partial charge in [0.05, 0.1) is 0 Å². The Balaban J connectivity index is 2.14. The van der Waals surface area contributed by atoms with Crippen molar-refractivity contribution < 1.29 is 0 Å². The van der Waals surface area contributed by atoms with Gasteiger partial charge < -0.3 is 5.32 Å². The maximum Gasteiger partial charge on any atom is 0.00873 e. The molecular weight excluding hydrogens is 146 g/mol. The van der Waals surface area contributed by atoms with Gasteiger partial charge in [-0.05, 0) is 37.1 Å². The highest BCUT2D eigenvalue weighted by molar-refractivity contribution is 4.86. The molecule has 1 N–H and O–H groups in total. The van der Waals surface area contributed by atoms with Crippen LogP contribution in [0.1, 0.15) is 41.0 Å². The van der Waals surface area contributed by atoms with Crippen molar-refractivity contribution in [2.75, 3.05) is 6.54 Å². The molecule has 0 aliphatic heterocycles. The van der Waals surface area contributed by atoms with Crippen molar-refractivity contribution in [3.63, 3.8) is 0 Å². The average molecular weight is 169 g/mol. The van der Waals surface area contributed by atoms with Crippen molar-refractivity contribution in [1.29, 1.82) is 0 Å². The Kier molecular flexibility index (Phi) is 2.82. The largest absolute Gasteiger partial charge is 0.313 e. The Morgan fingerprint density at radius 2 is 1.92 bits per heavy atom. The lowest BCUT2D eigenvalue weighted by molar-refractivity contribution is 0.283. The van der Waals surface area contributed by atoms with Crippen molar-refractivity contribution >= 4 is 0 Å². The van der Waals surface area contributed by atoms with E-state index in [0.29, 0.717) is 11.5 Å². The van der Waals surface area contributed by atoms with Crippen molar-refractivity contribution in [2.45, 2.75) is 47.1 Å². The van der Waals surface area contributed by atoms with E-state index in [1.54, 1.807) is 0 Å². The van der Waals surface area contributed by atoms with Crippen LogP contribution in [0.4, 0.5) is 0 Å². The minimum absolute atomic E-state index is 0.401. The summed E-state index contributed by atoms with van der Waals surface area (Å²) in [7, 11) is 0. The van der Waals surface area contributed by atoms with E-state index in [0.717, 1.165) is 11.8 Å². The third kappa shape index (κ3) is 2.78. The lowest BCUT2D eigenvalue weighted by atomic mass is 9.88. The fourth-order valence-corrected chi connectivity index (χ4v) is 1.32. The minimum atomic E-state index is 0.401. The van der Waals surface area contributed by atoms with Crippen molar-refractivity contribution in [3.8, 4) is 0 Å². The number of nitrogens with one attached hydrogen (secondary N) is 1. The molecular formula is C11H23N. The van der Waals surface area contributed by atoms with Gasteiger partial charge in [-0.3, -0.25) is 0 Å². The molecule has 3 atom stereocenters. The molecule has 12 heavy (non-hydrogen) atoms. The van der Waals surface area contributed by atoms with E-state index in [9.17, 15) is 0 Å². The monoisotopic (exact) mass is 169 g/mol. The van der Waals surface area contributed by atoms with Crippen LogP contribution in [0, 0.1) is 17.3 Å². The zero-order valence-corrected chi connectivity index (χ0v) is 9.15. The third-order valence-electron chi connectivity index (χ3n) is 3.26. The van der Waals surface area contributed by atoms with E-state index in [2.05, 4.69) is 39.9 Å². The second kappa shape index (κ2) is 3.37. The molecule has 0 spiro atoms. The second-order valence-electron chi connectivity index (χ2n) is 5.47. The zero-order chi connectivity index (χ0) is 9.35. The molecule has 1 saturated carbocycles.